The van der Waals surface area contributed by atoms with Crippen LogP contribution >= 0.6 is 0 Å². The van der Waals surface area contributed by atoms with E-state index >= 15 is 0 Å². The maximum atomic E-state index is 12.5. The third kappa shape index (κ3) is 6.90. The molecule has 0 unspecified atom stereocenters. The first-order valence-electron chi connectivity index (χ1n) is 14.5. The van der Waals surface area contributed by atoms with Crippen LogP contribution in [0.25, 0.3) is 23.8 Å². The van der Waals surface area contributed by atoms with E-state index in [0.29, 0.717) is 34.3 Å². The average molecular weight is 669 g/mol. The van der Waals surface area contributed by atoms with E-state index < -0.39 is 24.3 Å². The summed E-state index contributed by atoms with van der Waals surface area (Å²) >= 11 is 0. The SMILES string of the molecule is C=CC1=C(C)/C(=C/c2[n-]c(/C(CC(=O)[O-])=C3N=C(/C=c4\[n-]/c(=C\C)c(C)c4CC)C(C)=C\3C(=O)[O-])c(CCC(=O)[O-])c2C)N=C1.[Cu+2]. The number of nitrogens with zero attached hydrogens (tertiary/aromatic N) is 4. The molecule has 0 amide bonds. The molecule has 0 fully saturated rings. The molecule has 46 heavy (non-hydrogen) atoms. The largest absolute Gasteiger partial charge is 2.00 e. The average Bonchev–Trinajstić information content (AvgIpc) is 3.69. The van der Waals surface area contributed by atoms with Crippen molar-refractivity contribution in [1.29, 1.82) is 0 Å². The van der Waals surface area contributed by atoms with E-state index in [-0.39, 0.29) is 63.7 Å². The molecule has 0 saturated carbocycles. The Kier molecular flexibility index (Phi) is 11.3. The van der Waals surface area contributed by atoms with Crippen LogP contribution in [0.1, 0.15) is 74.2 Å². The molecule has 2 aliphatic rings. The van der Waals surface area contributed by atoms with Crippen LogP contribution in [-0.2, 0) is 44.3 Å². The number of carboxylic acids is 3. The van der Waals surface area contributed by atoms with Gasteiger partial charge in [-0.3, -0.25) is 4.99 Å². The maximum Gasteiger partial charge on any atom is 2.00 e. The second-order valence-electron chi connectivity index (χ2n) is 10.8. The zero-order valence-electron chi connectivity index (χ0n) is 26.5. The van der Waals surface area contributed by atoms with Gasteiger partial charge in [0.1, 0.15) is 0 Å². The number of hydrogen-bond donors (Lipinski definition) is 0. The Bertz CT molecular complexity index is 1960. The third-order valence-corrected chi connectivity index (χ3v) is 8.20. The summed E-state index contributed by atoms with van der Waals surface area (Å²) in [6.45, 7) is 14.8. The second-order valence-corrected chi connectivity index (χ2v) is 10.8. The summed E-state index contributed by atoms with van der Waals surface area (Å²) in [4.78, 5) is 54.6. The molecule has 243 valence electrons. The summed E-state index contributed by atoms with van der Waals surface area (Å²) < 4.78 is 0. The van der Waals surface area contributed by atoms with Crippen LogP contribution in [0, 0.1) is 13.8 Å². The van der Waals surface area contributed by atoms with Gasteiger partial charge in [0.2, 0.25) is 0 Å². The van der Waals surface area contributed by atoms with Gasteiger partial charge in [0.05, 0.1) is 23.1 Å². The van der Waals surface area contributed by atoms with Crippen molar-refractivity contribution < 1.29 is 46.8 Å². The van der Waals surface area contributed by atoms with Gasteiger partial charge >= 0.3 is 17.1 Å². The van der Waals surface area contributed by atoms with Gasteiger partial charge in [0.25, 0.3) is 0 Å². The number of carbonyl (C=O) groups excluding carboxylic acids is 3. The number of aliphatic carboxylic acids is 3. The molecule has 0 saturated heterocycles. The minimum Gasteiger partial charge on any atom is -0.658 e. The topological polar surface area (TPSA) is 173 Å². The Morgan fingerprint density at radius 3 is 2.17 bits per heavy atom. The van der Waals surface area contributed by atoms with E-state index in [1.807, 2.05) is 33.8 Å². The summed E-state index contributed by atoms with van der Waals surface area (Å²) in [7, 11) is 0. The Balaban J connectivity index is 0.00000576. The molecule has 2 aromatic heterocycles. The standard InChI is InChI=1S/C35H38N4O6.Cu/c1-8-21-16-36-26(17(21)4)14-27-19(6)23(11-12-30(40)41)33(38-27)24(13-31(42)43)34-32(35(44)45)20(7)28(39-34)15-29-22(9-2)18(5)25(10-3)37-29;/h8,10,14-16H,1,9,11-13H2,2-7H3,(H5,36,37,38,39,40,41,42,43,44,45);/q;+2/p-5/b25-10-;. The van der Waals surface area contributed by atoms with Gasteiger partial charge in [-0.15, -0.1) is 28.2 Å². The third-order valence-electron chi connectivity index (χ3n) is 8.20. The summed E-state index contributed by atoms with van der Waals surface area (Å²) in [6.07, 6.45) is 8.14. The molecule has 4 heterocycles. The molecule has 2 aliphatic heterocycles. The Hall–Kier alpha value is -4.73. The molecule has 0 aromatic carbocycles. The minimum absolute atomic E-state index is 0. The van der Waals surface area contributed by atoms with Gasteiger partial charge in [0.15, 0.2) is 0 Å². The predicted molar refractivity (Wildman–Crippen MR) is 167 cm³/mol. The van der Waals surface area contributed by atoms with Crippen molar-refractivity contribution in [2.45, 2.75) is 67.2 Å². The van der Waals surface area contributed by atoms with Gasteiger partial charge < -0.3 is 39.7 Å². The van der Waals surface area contributed by atoms with Gasteiger partial charge in [0, 0.05) is 30.1 Å². The van der Waals surface area contributed by atoms with Crippen LogP contribution in [0.5, 0.6) is 0 Å². The Morgan fingerprint density at radius 1 is 0.935 bits per heavy atom. The molecule has 0 atom stereocenters. The summed E-state index contributed by atoms with van der Waals surface area (Å²) in [6, 6.07) is 0. The molecule has 0 spiro atoms. The van der Waals surface area contributed by atoms with Gasteiger partial charge in [-0.2, -0.15) is 0 Å². The molecule has 4 rings (SSSR count). The van der Waals surface area contributed by atoms with Crippen molar-refractivity contribution in [1.82, 2.24) is 9.97 Å². The molecule has 0 N–H and O–H groups in total. The van der Waals surface area contributed by atoms with Crippen molar-refractivity contribution in [3.63, 3.8) is 0 Å². The first kappa shape index (κ1) is 35.7. The summed E-state index contributed by atoms with van der Waals surface area (Å²) in [5, 5.41) is 37.6. The zero-order valence-corrected chi connectivity index (χ0v) is 27.4. The predicted octanol–water partition coefficient (Wildman–Crippen LogP) is 0.0412. The number of carboxylic acid groups (broad SMARTS) is 3. The molecule has 2 aromatic rings. The first-order valence-corrected chi connectivity index (χ1v) is 14.5. The van der Waals surface area contributed by atoms with Crippen LogP contribution in [0.3, 0.4) is 0 Å². The normalized spacial score (nSPS) is 17.3. The van der Waals surface area contributed by atoms with Crippen LogP contribution < -0.4 is 36.0 Å². The quantitative estimate of drug-likeness (QED) is 0.302. The van der Waals surface area contributed by atoms with Gasteiger partial charge in [-0.25, -0.2) is 4.99 Å². The molecule has 11 heteroatoms. The number of aliphatic imine (C=N–C) groups is 2. The van der Waals surface area contributed by atoms with Crippen molar-refractivity contribution in [3.05, 3.63) is 90.7 Å². The molecule has 1 radical (unpaired) electrons. The fraction of sp³-hybridized carbons (Fsp3) is 0.286. The van der Waals surface area contributed by atoms with Crippen LogP contribution in [-0.4, -0.2) is 29.8 Å². The van der Waals surface area contributed by atoms with Crippen LogP contribution in [0.15, 0.2) is 56.3 Å². The fourth-order valence-electron chi connectivity index (χ4n) is 5.69. The fourth-order valence-corrected chi connectivity index (χ4v) is 5.69. The number of carbonyl (C=O) groups is 3. The van der Waals surface area contributed by atoms with Crippen LogP contribution in [0.4, 0.5) is 0 Å². The smallest absolute Gasteiger partial charge is 0.658 e. The number of rotatable bonds is 11. The number of allylic oxidation sites excluding steroid dienone is 4. The van der Waals surface area contributed by atoms with Crippen LogP contribution in [0.2, 0.25) is 0 Å². The number of hydrogen-bond acceptors (Lipinski definition) is 8. The molecular formula is C35H33CuN4O6-3. The molecular weight excluding hydrogens is 636 g/mol. The van der Waals surface area contributed by atoms with Gasteiger partial charge in [-0.1, -0.05) is 54.0 Å². The van der Waals surface area contributed by atoms with E-state index in [0.717, 1.165) is 27.6 Å². The van der Waals surface area contributed by atoms with Crippen molar-refractivity contribution >= 4 is 53.6 Å². The zero-order chi connectivity index (χ0) is 33.2. The maximum absolute atomic E-state index is 12.5. The summed E-state index contributed by atoms with van der Waals surface area (Å²) in [5.74, 6) is -4.35. The first-order chi connectivity index (χ1) is 21.3. The van der Waals surface area contributed by atoms with Crippen molar-refractivity contribution in [3.8, 4) is 0 Å². The van der Waals surface area contributed by atoms with E-state index in [1.165, 1.54) is 0 Å². The number of aromatic nitrogens is 2. The second kappa shape index (κ2) is 14.6. The Morgan fingerprint density at radius 2 is 1.63 bits per heavy atom. The minimum atomic E-state index is -1.55. The summed E-state index contributed by atoms with van der Waals surface area (Å²) in [5.41, 5.74) is 5.92. The van der Waals surface area contributed by atoms with Crippen molar-refractivity contribution in [2.75, 3.05) is 0 Å². The van der Waals surface area contributed by atoms with Gasteiger partial charge in [-0.05, 0) is 76.2 Å². The van der Waals surface area contributed by atoms with E-state index in [9.17, 15) is 29.7 Å². The van der Waals surface area contributed by atoms with E-state index in [2.05, 4.69) is 21.5 Å². The molecule has 10 nitrogen and oxygen atoms in total. The van der Waals surface area contributed by atoms with Crippen molar-refractivity contribution in [2.24, 2.45) is 9.98 Å². The monoisotopic (exact) mass is 668 g/mol. The molecule has 0 aliphatic carbocycles. The Labute approximate surface area is 277 Å². The molecule has 0 bridgehead atoms. The van der Waals surface area contributed by atoms with E-state index in [1.54, 1.807) is 38.3 Å². The van der Waals surface area contributed by atoms with E-state index in [4.69, 9.17) is 4.98 Å².